The quantitative estimate of drug-likeness (QED) is 0.504. The molecule has 2 aromatic rings. The molecular formula is C12H12N2O2. The highest BCUT2D eigenvalue weighted by molar-refractivity contribution is 6.03. The zero-order chi connectivity index (χ0) is 11.7. The average molecular weight is 216 g/mol. The van der Waals surface area contributed by atoms with E-state index in [0.29, 0.717) is 5.69 Å². The monoisotopic (exact) mass is 216 g/mol. The Hall–Kier alpha value is -2.23. The van der Waals surface area contributed by atoms with Gasteiger partial charge in [-0.3, -0.25) is 4.79 Å². The van der Waals surface area contributed by atoms with Crippen LogP contribution in [-0.4, -0.2) is 11.0 Å². The van der Waals surface area contributed by atoms with Crippen molar-refractivity contribution in [3.05, 3.63) is 30.3 Å². The smallest absolute Gasteiger partial charge is 0.221 e. The summed E-state index contributed by atoms with van der Waals surface area (Å²) in [6.45, 7) is 1.38. The number of benzene rings is 2. The molecule has 4 heteroatoms. The molecule has 0 aliphatic heterocycles. The van der Waals surface area contributed by atoms with Crippen molar-refractivity contribution < 1.29 is 9.90 Å². The minimum absolute atomic E-state index is 0.0890. The van der Waals surface area contributed by atoms with Gasteiger partial charge in [0.15, 0.2) is 5.75 Å². The normalized spacial score (nSPS) is 10.3. The van der Waals surface area contributed by atoms with Crippen molar-refractivity contribution in [2.75, 3.05) is 11.1 Å². The second-order valence-corrected chi connectivity index (χ2v) is 3.59. The molecule has 1 amide bonds. The lowest BCUT2D eigenvalue weighted by Gasteiger charge is -2.10. The predicted molar refractivity (Wildman–Crippen MR) is 64.3 cm³/mol. The largest absolute Gasteiger partial charge is 0.504 e. The predicted octanol–water partition coefficient (Wildman–Crippen LogP) is 2.09. The van der Waals surface area contributed by atoms with Gasteiger partial charge in [0.1, 0.15) is 0 Å². The number of rotatable bonds is 1. The number of nitrogens with two attached hydrogens (primary N) is 1. The summed E-state index contributed by atoms with van der Waals surface area (Å²) in [6.07, 6.45) is 0. The number of aromatic hydroxyl groups is 1. The molecule has 2 aromatic carbocycles. The Labute approximate surface area is 92.7 Å². The van der Waals surface area contributed by atoms with Crippen LogP contribution in [0.3, 0.4) is 0 Å². The van der Waals surface area contributed by atoms with Gasteiger partial charge in [0, 0.05) is 12.3 Å². The number of nitrogen functional groups attached to an aromatic ring is 1. The van der Waals surface area contributed by atoms with Crippen LogP contribution in [-0.2, 0) is 4.79 Å². The standard InChI is InChI=1S/C12H12N2O2/c1-7(15)14-10-6-8-4-2-3-5-9(8)11(13)12(10)16/h2-6,16H,13H2,1H3,(H,14,15). The van der Waals surface area contributed by atoms with Gasteiger partial charge in [0.05, 0.1) is 11.4 Å². The Morgan fingerprint density at radius 3 is 2.75 bits per heavy atom. The Kier molecular flexibility index (Phi) is 2.40. The lowest BCUT2D eigenvalue weighted by Crippen LogP contribution is -2.06. The number of nitrogens with one attached hydrogen (secondary N) is 1. The molecule has 0 aromatic heterocycles. The van der Waals surface area contributed by atoms with E-state index in [4.69, 9.17) is 5.73 Å². The second kappa shape index (κ2) is 3.73. The van der Waals surface area contributed by atoms with Crippen molar-refractivity contribution in [3.63, 3.8) is 0 Å². The fourth-order valence-corrected chi connectivity index (χ4v) is 1.65. The maximum Gasteiger partial charge on any atom is 0.221 e. The fourth-order valence-electron chi connectivity index (χ4n) is 1.65. The molecule has 2 rings (SSSR count). The fraction of sp³-hybridized carbons (Fsp3) is 0.0833. The SMILES string of the molecule is CC(=O)Nc1cc2ccccc2c(N)c1O. The lowest BCUT2D eigenvalue weighted by atomic mass is 10.1. The van der Waals surface area contributed by atoms with Crippen LogP contribution in [0.5, 0.6) is 5.75 Å². The maximum atomic E-state index is 10.9. The summed E-state index contributed by atoms with van der Waals surface area (Å²) in [6, 6.07) is 9.10. The van der Waals surface area contributed by atoms with Crippen LogP contribution in [0.1, 0.15) is 6.92 Å². The van der Waals surface area contributed by atoms with E-state index in [1.54, 1.807) is 6.07 Å². The molecular weight excluding hydrogens is 204 g/mol. The Morgan fingerprint density at radius 1 is 1.38 bits per heavy atom. The van der Waals surface area contributed by atoms with E-state index >= 15 is 0 Å². The zero-order valence-corrected chi connectivity index (χ0v) is 8.82. The van der Waals surface area contributed by atoms with Gasteiger partial charge in [-0.15, -0.1) is 0 Å². The number of phenolic OH excluding ortho intramolecular Hbond substituents is 1. The van der Waals surface area contributed by atoms with Gasteiger partial charge in [0.2, 0.25) is 5.91 Å². The summed E-state index contributed by atoms with van der Waals surface area (Å²) >= 11 is 0. The molecule has 0 aliphatic carbocycles. The van der Waals surface area contributed by atoms with E-state index in [1.165, 1.54) is 6.92 Å². The number of anilines is 2. The summed E-state index contributed by atoms with van der Waals surface area (Å²) in [5.41, 5.74) is 6.41. The highest BCUT2D eigenvalue weighted by Gasteiger charge is 2.10. The number of amides is 1. The van der Waals surface area contributed by atoms with E-state index in [1.807, 2.05) is 24.3 Å². The van der Waals surface area contributed by atoms with Crippen LogP contribution >= 0.6 is 0 Å². The molecule has 0 unspecified atom stereocenters. The van der Waals surface area contributed by atoms with E-state index in [-0.39, 0.29) is 17.3 Å². The summed E-state index contributed by atoms with van der Waals surface area (Å²) in [4.78, 5) is 10.9. The van der Waals surface area contributed by atoms with E-state index in [2.05, 4.69) is 5.32 Å². The van der Waals surface area contributed by atoms with E-state index < -0.39 is 0 Å². The molecule has 0 spiro atoms. The van der Waals surface area contributed by atoms with Crippen LogP contribution < -0.4 is 11.1 Å². The number of hydrogen-bond donors (Lipinski definition) is 3. The first kappa shape index (κ1) is 10.3. The van der Waals surface area contributed by atoms with Crippen molar-refractivity contribution >= 4 is 28.1 Å². The van der Waals surface area contributed by atoms with E-state index in [0.717, 1.165) is 10.8 Å². The molecule has 0 heterocycles. The molecule has 4 N–H and O–H groups in total. The van der Waals surface area contributed by atoms with Crippen molar-refractivity contribution in [2.45, 2.75) is 6.92 Å². The second-order valence-electron chi connectivity index (χ2n) is 3.59. The molecule has 0 bridgehead atoms. The van der Waals surface area contributed by atoms with Gasteiger partial charge in [-0.25, -0.2) is 0 Å². The number of carbonyl (C=O) groups is 1. The maximum absolute atomic E-state index is 10.9. The number of fused-ring (bicyclic) bond motifs is 1. The topological polar surface area (TPSA) is 75.4 Å². The molecule has 0 aliphatic rings. The van der Waals surface area contributed by atoms with Crippen LogP contribution in [0.25, 0.3) is 10.8 Å². The van der Waals surface area contributed by atoms with Crippen molar-refractivity contribution in [2.24, 2.45) is 0 Å². The summed E-state index contributed by atoms with van der Waals surface area (Å²) < 4.78 is 0. The first-order chi connectivity index (χ1) is 7.59. The summed E-state index contributed by atoms with van der Waals surface area (Å²) in [5.74, 6) is -0.334. The third-order valence-electron chi connectivity index (χ3n) is 2.37. The number of phenols is 1. The van der Waals surface area contributed by atoms with Crippen molar-refractivity contribution in [1.82, 2.24) is 0 Å². The highest BCUT2D eigenvalue weighted by Crippen LogP contribution is 2.36. The third-order valence-corrected chi connectivity index (χ3v) is 2.37. The molecule has 0 saturated carbocycles. The van der Waals surface area contributed by atoms with Crippen LogP contribution in [0.15, 0.2) is 30.3 Å². The van der Waals surface area contributed by atoms with Gasteiger partial charge in [-0.05, 0) is 11.5 Å². The van der Waals surface area contributed by atoms with Gasteiger partial charge in [0.25, 0.3) is 0 Å². The molecule has 4 nitrogen and oxygen atoms in total. The first-order valence-corrected chi connectivity index (χ1v) is 4.87. The van der Waals surface area contributed by atoms with Gasteiger partial charge in [-0.2, -0.15) is 0 Å². The van der Waals surface area contributed by atoms with Crippen LogP contribution in [0.2, 0.25) is 0 Å². The van der Waals surface area contributed by atoms with Gasteiger partial charge in [-0.1, -0.05) is 24.3 Å². The van der Waals surface area contributed by atoms with Crippen LogP contribution in [0, 0.1) is 0 Å². The Morgan fingerprint density at radius 2 is 2.06 bits per heavy atom. The Bertz CT molecular complexity index is 564. The average Bonchev–Trinajstić information content (AvgIpc) is 2.25. The van der Waals surface area contributed by atoms with E-state index in [9.17, 15) is 9.90 Å². The highest BCUT2D eigenvalue weighted by atomic mass is 16.3. The molecule has 16 heavy (non-hydrogen) atoms. The first-order valence-electron chi connectivity index (χ1n) is 4.87. The van der Waals surface area contributed by atoms with Crippen LogP contribution in [0.4, 0.5) is 11.4 Å². The lowest BCUT2D eigenvalue weighted by molar-refractivity contribution is -0.114. The zero-order valence-electron chi connectivity index (χ0n) is 8.82. The number of carbonyl (C=O) groups excluding carboxylic acids is 1. The molecule has 0 fully saturated rings. The van der Waals surface area contributed by atoms with Gasteiger partial charge < -0.3 is 16.2 Å². The van der Waals surface area contributed by atoms with Crippen molar-refractivity contribution in [1.29, 1.82) is 0 Å². The Balaban J connectivity index is 2.68. The summed E-state index contributed by atoms with van der Waals surface area (Å²) in [5, 5.41) is 14.0. The number of hydrogen-bond acceptors (Lipinski definition) is 3. The van der Waals surface area contributed by atoms with Gasteiger partial charge >= 0.3 is 0 Å². The minimum atomic E-state index is -0.245. The van der Waals surface area contributed by atoms with Crippen molar-refractivity contribution in [3.8, 4) is 5.75 Å². The molecule has 0 atom stereocenters. The molecule has 82 valence electrons. The summed E-state index contributed by atoms with van der Waals surface area (Å²) in [7, 11) is 0. The molecule has 0 radical (unpaired) electrons. The molecule has 0 saturated heterocycles. The minimum Gasteiger partial charge on any atom is -0.504 e. The third kappa shape index (κ3) is 1.65.